The molecule has 0 spiro atoms. The highest BCUT2D eigenvalue weighted by molar-refractivity contribution is 9.10. The first-order valence-corrected chi connectivity index (χ1v) is 6.97. The second-order valence-corrected chi connectivity index (χ2v) is 6.12. The van der Waals surface area contributed by atoms with Gasteiger partial charge in [-0.3, -0.25) is 0 Å². The second-order valence-electron chi connectivity index (χ2n) is 5.27. The van der Waals surface area contributed by atoms with Crippen LogP contribution in [0.25, 0.3) is 0 Å². The van der Waals surface area contributed by atoms with Crippen LogP contribution in [-0.4, -0.2) is 18.2 Å². The van der Waals surface area contributed by atoms with Crippen LogP contribution in [0.4, 0.5) is 0 Å². The Kier molecular flexibility index (Phi) is 4.23. The quantitative estimate of drug-likeness (QED) is 0.922. The number of hydrogen-bond donors (Lipinski definition) is 1. The minimum Gasteiger partial charge on any atom is -0.375 e. The van der Waals surface area contributed by atoms with Crippen LogP contribution in [0.2, 0.25) is 0 Å². The third-order valence-corrected chi connectivity index (χ3v) is 4.01. The molecule has 0 aromatic heterocycles. The Labute approximate surface area is 112 Å². The molecule has 1 heterocycles. The molecule has 1 unspecified atom stereocenters. The van der Waals surface area contributed by atoms with E-state index in [4.69, 9.17) is 4.74 Å². The van der Waals surface area contributed by atoms with Crippen molar-refractivity contribution in [3.05, 3.63) is 34.3 Å². The van der Waals surface area contributed by atoms with E-state index in [1.54, 1.807) is 0 Å². The Morgan fingerprint density at radius 3 is 2.88 bits per heavy atom. The molecule has 2 rings (SSSR count). The van der Waals surface area contributed by atoms with Gasteiger partial charge in [-0.25, -0.2) is 0 Å². The van der Waals surface area contributed by atoms with Gasteiger partial charge in [0.25, 0.3) is 0 Å². The highest BCUT2D eigenvalue weighted by Gasteiger charge is 2.28. The predicted octanol–water partition coefficient (Wildman–Crippen LogP) is 3.50. The first kappa shape index (κ1) is 13.1. The van der Waals surface area contributed by atoms with Gasteiger partial charge in [-0.15, -0.1) is 0 Å². The van der Waals surface area contributed by atoms with Gasteiger partial charge in [0.1, 0.15) is 0 Å². The van der Waals surface area contributed by atoms with Crippen LogP contribution in [0, 0.1) is 0 Å². The van der Waals surface area contributed by atoms with Crippen LogP contribution < -0.4 is 5.32 Å². The standard InChI is InChI=1S/C14H20BrNO/c1-14(2)9-12(7-8-17-14)16-10-11-5-3-4-6-13(11)15/h3-6,12,16H,7-10H2,1-2H3. The summed E-state index contributed by atoms with van der Waals surface area (Å²) in [5.74, 6) is 0. The minimum atomic E-state index is 0.0177. The highest BCUT2D eigenvalue weighted by Crippen LogP contribution is 2.24. The zero-order chi connectivity index (χ0) is 12.3. The number of hydrogen-bond acceptors (Lipinski definition) is 2. The van der Waals surface area contributed by atoms with Gasteiger partial charge < -0.3 is 10.1 Å². The first-order chi connectivity index (χ1) is 8.07. The fraction of sp³-hybridized carbons (Fsp3) is 0.571. The SMILES string of the molecule is CC1(C)CC(NCc2ccccc2Br)CCO1. The Bertz CT molecular complexity index is 378. The summed E-state index contributed by atoms with van der Waals surface area (Å²) in [6.07, 6.45) is 2.19. The Hall–Kier alpha value is -0.380. The number of halogens is 1. The molecule has 1 aliphatic heterocycles. The van der Waals surface area contributed by atoms with E-state index in [2.05, 4.69) is 53.3 Å². The molecule has 0 aliphatic carbocycles. The van der Waals surface area contributed by atoms with Gasteiger partial charge in [-0.1, -0.05) is 34.1 Å². The maximum absolute atomic E-state index is 5.72. The van der Waals surface area contributed by atoms with E-state index < -0.39 is 0 Å². The maximum Gasteiger partial charge on any atom is 0.0641 e. The van der Waals surface area contributed by atoms with Crippen LogP contribution >= 0.6 is 15.9 Å². The Morgan fingerprint density at radius 2 is 2.18 bits per heavy atom. The molecule has 17 heavy (non-hydrogen) atoms. The molecule has 0 radical (unpaired) electrons. The molecule has 0 amide bonds. The normalized spacial score (nSPS) is 23.6. The summed E-state index contributed by atoms with van der Waals surface area (Å²) < 4.78 is 6.90. The van der Waals surface area contributed by atoms with E-state index >= 15 is 0 Å². The number of ether oxygens (including phenoxy) is 1. The summed E-state index contributed by atoms with van der Waals surface area (Å²) in [5, 5.41) is 3.62. The van der Waals surface area contributed by atoms with Crippen LogP contribution in [-0.2, 0) is 11.3 Å². The fourth-order valence-electron chi connectivity index (χ4n) is 2.30. The second kappa shape index (κ2) is 5.51. The third-order valence-electron chi connectivity index (χ3n) is 3.24. The molecule has 0 saturated carbocycles. The van der Waals surface area contributed by atoms with Crippen molar-refractivity contribution in [1.29, 1.82) is 0 Å². The van der Waals surface area contributed by atoms with Gasteiger partial charge in [0.15, 0.2) is 0 Å². The molecule has 3 heteroatoms. The maximum atomic E-state index is 5.72. The van der Waals surface area contributed by atoms with Crippen molar-refractivity contribution in [3.8, 4) is 0 Å². The smallest absolute Gasteiger partial charge is 0.0641 e. The molecule has 94 valence electrons. The molecule has 2 nitrogen and oxygen atoms in total. The minimum absolute atomic E-state index is 0.0177. The van der Waals surface area contributed by atoms with E-state index in [-0.39, 0.29) is 5.60 Å². The molecule has 1 atom stereocenters. The van der Waals surface area contributed by atoms with E-state index in [1.807, 2.05) is 6.07 Å². The zero-order valence-corrected chi connectivity index (χ0v) is 12.1. The molecule has 1 fully saturated rings. The lowest BCUT2D eigenvalue weighted by Gasteiger charge is -2.36. The van der Waals surface area contributed by atoms with E-state index in [9.17, 15) is 0 Å². The molecule has 1 aromatic rings. The Morgan fingerprint density at radius 1 is 1.41 bits per heavy atom. The molecular weight excluding hydrogens is 278 g/mol. The lowest BCUT2D eigenvalue weighted by Crippen LogP contribution is -2.43. The van der Waals surface area contributed by atoms with Crippen molar-refractivity contribution in [2.75, 3.05) is 6.61 Å². The zero-order valence-electron chi connectivity index (χ0n) is 10.5. The van der Waals surface area contributed by atoms with Crippen molar-refractivity contribution < 1.29 is 4.74 Å². The van der Waals surface area contributed by atoms with Crippen LogP contribution in [0.5, 0.6) is 0 Å². The number of nitrogens with one attached hydrogen (secondary N) is 1. The summed E-state index contributed by atoms with van der Waals surface area (Å²) >= 11 is 3.58. The van der Waals surface area contributed by atoms with Gasteiger partial charge >= 0.3 is 0 Å². The monoisotopic (exact) mass is 297 g/mol. The van der Waals surface area contributed by atoms with Crippen molar-refractivity contribution in [2.45, 2.75) is 44.9 Å². The van der Waals surface area contributed by atoms with Crippen LogP contribution in [0.3, 0.4) is 0 Å². The summed E-state index contributed by atoms with van der Waals surface area (Å²) in [6, 6.07) is 8.93. The fourth-order valence-corrected chi connectivity index (χ4v) is 2.73. The van der Waals surface area contributed by atoms with Gasteiger partial charge in [-0.05, 0) is 38.3 Å². The van der Waals surface area contributed by atoms with E-state index in [1.165, 1.54) is 10.0 Å². The summed E-state index contributed by atoms with van der Waals surface area (Å²) in [6.45, 7) is 6.11. The first-order valence-electron chi connectivity index (χ1n) is 6.17. The average molecular weight is 298 g/mol. The van der Waals surface area contributed by atoms with Gasteiger partial charge in [-0.2, -0.15) is 0 Å². The average Bonchev–Trinajstić information content (AvgIpc) is 2.27. The number of rotatable bonds is 3. The largest absolute Gasteiger partial charge is 0.375 e. The molecule has 0 bridgehead atoms. The summed E-state index contributed by atoms with van der Waals surface area (Å²) in [4.78, 5) is 0. The summed E-state index contributed by atoms with van der Waals surface area (Å²) in [5.41, 5.74) is 1.33. The van der Waals surface area contributed by atoms with Gasteiger partial charge in [0, 0.05) is 23.7 Å². The molecule has 1 saturated heterocycles. The predicted molar refractivity (Wildman–Crippen MR) is 74.0 cm³/mol. The highest BCUT2D eigenvalue weighted by atomic mass is 79.9. The molecule has 1 aromatic carbocycles. The lowest BCUT2D eigenvalue weighted by atomic mass is 9.94. The molecule has 1 aliphatic rings. The summed E-state index contributed by atoms with van der Waals surface area (Å²) in [7, 11) is 0. The molecule has 1 N–H and O–H groups in total. The van der Waals surface area contributed by atoms with Crippen LogP contribution in [0.1, 0.15) is 32.3 Å². The van der Waals surface area contributed by atoms with Crippen molar-refractivity contribution >= 4 is 15.9 Å². The van der Waals surface area contributed by atoms with Gasteiger partial charge in [0.2, 0.25) is 0 Å². The van der Waals surface area contributed by atoms with Crippen molar-refractivity contribution in [2.24, 2.45) is 0 Å². The van der Waals surface area contributed by atoms with E-state index in [0.717, 1.165) is 26.0 Å². The Balaban J connectivity index is 1.88. The lowest BCUT2D eigenvalue weighted by molar-refractivity contribution is -0.0630. The number of benzene rings is 1. The van der Waals surface area contributed by atoms with Gasteiger partial charge in [0.05, 0.1) is 5.60 Å². The van der Waals surface area contributed by atoms with Crippen molar-refractivity contribution in [1.82, 2.24) is 5.32 Å². The van der Waals surface area contributed by atoms with E-state index in [0.29, 0.717) is 6.04 Å². The molecular formula is C14H20BrNO. The van der Waals surface area contributed by atoms with Crippen LogP contribution in [0.15, 0.2) is 28.7 Å². The third kappa shape index (κ3) is 3.80. The van der Waals surface area contributed by atoms with Crippen molar-refractivity contribution in [3.63, 3.8) is 0 Å². The topological polar surface area (TPSA) is 21.3 Å².